The molecule has 0 saturated carbocycles. The highest BCUT2D eigenvalue weighted by molar-refractivity contribution is 5.76. The van der Waals surface area contributed by atoms with Gasteiger partial charge in [0.2, 0.25) is 0 Å². The molecule has 0 fully saturated rings. The molecule has 0 radical (unpaired) electrons. The molecule has 0 spiro atoms. The zero-order chi connectivity index (χ0) is 17.6. The topological polar surface area (TPSA) is 53.2 Å². The van der Waals surface area contributed by atoms with Crippen LogP contribution in [0.4, 0.5) is 0 Å². The molecule has 0 N–H and O–H groups in total. The van der Waals surface area contributed by atoms with Crippen LogP contribution in [0, 0.1) is 0 Å². The molecule has 25 heavy (non-hydrogen) atoms. The molecule has 1 aromatic heterocycles. The van der Waals surface area contributed by atoms with Gasteiger partial charge in [-0.25, -0.2) is 4.79 Å². The maximum atomic E-state index is 12.3. The molecule has 0 unspecified atom stereocenters. The van der Waals surface area contributed by atoms with Crippen molar-refractivity contribution in [1.29, 1.82) is 0 Å². The van der Waals surface area contributed by atoms with Gasteiger partial charge in [-0.05, 0) is 23.8 Å². The van der Waals surface area contributed by atoms with Crippen molar-refractivity contribution in [2.24, 2.45) is 7.05 Å². The number of nitrogens with zero attached hydrogens (tertiary/aromatic N) is 2. The van der Waals surface area contributed by atoms with Crippen molar-refractivity contribution in [2.45, 2.75) is 13.0 Å². The smallest absolute Gasteiger partial charge is 0.328 e. The van der Waals surface area contributed by atoms with Crippen molar-refractivity contribution in [2.75, 3.05) is 6.61 Å². The maximum absolute atomic E-state index is 12.3. The normalized spacial score (nSPS) is 11.2. The second-order valence-electron chi connectivity index (χ2n) is 5.73. The number of carbonyl (C=O) groups excluding carboxylic acids is 1. The van der Waals surface area contributed by atoms with E-state index >= 15 is 0 Å². The molecule has 1 heterocycles. The largest absolute Gasteiger partial charge is 0.461 e. The van der Waals surface area contributed by atoms with E-state index in [2.05, 4.69) is 0 Å². The van der Waals surface area contributed by atoms with Gasteiger partial charge in [0.15, 0.2) is 0 Å². The summed E-state index contributed by atoms with van der Waals surface area (Å²) in [6.45, 7) is 0.527. The minimum Gasteiger partial charge on any atom is -0.461 e. The van der Waals surface area contributed by atoms with E-state index in [0.29, 0.717) is 6.54 Å². The van der Waals surface area contributed by atoms with E-state index in [4.69, 9.17) is 4.74 Å². The predicted octanol–water partition coefficient (Wildman–Crippen LogP) is 2.99. The number of aryl methyl sites for hydroxylation is 2. The standard InChI is InChI=1S/C20H20N2O3/c1-21-17-11-5-6-12-18(17)22(20(21)24)14-13-19(23)25-15-7-10-16-8-3-2-4-9-16/h2-12H,13-15H2,1H3/b10-7-. The van der Waals surface area contributed by atoms with E-state index in [1.165, 1.54) is 0 Å². The monoisotopic (exact) mass is 336 g/mol. The second-order valence-corrected chi connectivity index (χ2v) is 5.73. The van der Waals surface area contributed by atoms with Gasteiger partial charge >= 0.3 is 11.7 Å². The van der Waals surface area contributed by atoms with E-state index in [0.717, 1.165) is 16.6 Å². The van der Waals surface area contributed by atoms with Gasteiger partial charge in [0.1, 0.15) is 6.61 Å². The molecule has 0 aliphatic rings. The summed E-state index contributed by atoms with van der Waals surface area (Å²) in [6.07, 6.45) is 3.87. The first kappa shape index (κ1) is 16.8. The van der Waals surface area contributed by atoms with Crippen molar-refractivity contribution in [1.82, 2.24) is 9.13 Å². The van der Waals surface area contributed by atoms with Crippen LogP contribution in [0.15, 0.2) is 65.5 Å². The first-order valence-corrected chi connectivity index (χ1v) is 8.18. The lowest BCUT2D eigenvalue weighted by Crippen LogP contribution is -2.23. The first-order valence-electron chi connectivity index (χ1n) is 8.18. The summed E-state index contributed by atoms with van der Waals surface area (Å²) in [6, 6.07) is 17.3. The molecular weight excluding hydrogens is 316 g/mol. The number of hydrogen-bond acceptors (Lipinski definition) is 3. The van der Waals surface area contributed by atoms with Crippen LogP contribution < -0.4 is 5.69 Å². The molecule has 5 heteroatoms. The van der Waals surface area contributed by atoms with Gasteiger partial charge < -0.3 is 4.74 Å². The number of hydrogen-bond donors (Lipinski definition) is 0. The number of esters is 1. The summed E-state index contributed by atoms with van der Waals surface area (Å²) in [7, 11) is 1.73. The highest BCUT2D eigenvalue weighted by Gasteiger charge is 2.11. The summed E-state index contributed by atoms with van der Waals surface area (Å²) in [5.74, 6) is -0.322. The maximum Gasteiger partial charge on any atom is 0.328 e. The summed E-state index contributed by atoms with van der Waals surface area (Å²) < 4.78 is 8.39. The third-order valence-electron chi connectivity index (χ3n) is 4.04. The molecular formula is C20H20N2O3. The Labute approximate surface area is 145 Å². The third kappa shape index (κ3) is 3.88. The molecule has 0 saturated heterocycles. The lowest BCUT2D eigenvalue weighted by atomic mass is 10.2. The molecule has 3 rings (SSSR count). The predicted molar refractivity (Wildman–Crippen MR) is 98.2 cm³/mol. The van der Waals surface area contributed by atoms with Crippen LogP contribution in [0.5, 0.6) is 0 Å². The molecule has 0 aliphatic carbocycles. The van der Waals surface area contributed by atoms with Crippen molar-refractivity contribution >= 4 is 23.1 Å². The third-order valence-corrected chi connectivity index (χ3v) is 4.04. The van der Waals surface area contributed by atoms with Gasteiger partial charge in [-0.3, -0.25) is 13.9 Å². The van der Waals surface area contributed by atoms with Gasteiger partial charge in [0.05, 0.1) is 17.5 Å². The van der Waals surface area contributed by atoms with Gasteiger partial charge in [-0.2, -0.15) is 0 Å². The van der Waals surface area contributed by atoms with Crippen LogP contribution in [0.1, 0.15) is 12.0 Å². The minimum atomic E-state index is -0.322. The fourth-order valence-corrected chi connectivity index (χ4v) is 2.74. The zero-order valence-electron chi connectivity index (χ0n) is 14.1. The number of benzene rings is 2. The molecule has 128 valence electrons. The number of para-hydroxylation sites is 2. The van der Waals surface area contributed by atoms with E-state index in [1.807, 2.05) is 60.7 Å². The van der Waals surface area contributed by atoms with Gasteiger partial charge in [-0.1, -0.05) is 48.5 Å². The summed E-state index contributed by atoms with van der Waals surface area (Å²) >= 11 is 0. The van der Waals surface area contributed by atoms with Crippen LogP contribution in [0.25, 0.3) is 17.1 Å². The number of fused-ring (bicyclic) bond motifs is 1. The number of imidazole rings is 1. The number of carbonyl (C=O) groups is 1. The van der Waals surface area contributed by atoms with Crippen molar-refractivity contribution in [3.05, 3.63) is 76.7 Å². The molecule has 3 aromatic rings. The molecule has 2 aromatic carbocycles. The second kappa shape index (κ2) is 7.66. The lowest BCUT2D eigenvalue weighted by molar-refractivity contribution is -0.142. The SMILES string of the molecule is Cn1c(=O)n(CCC(=O)OC/C=C\c2ccccc2)c2ccccc21. The Bertz CT molecular complexity index is 952. The molecule has 0 atom stereocenters. The Hall–Kier alpha value is -3.08. The zero-order valence-corrected chi connectivity index (χ0v) is 14.1. The van der Waals surface area contributed by atoms with E-state index in [1.54, 1.807) is 22.3 Å². The number of rotatable bonds is 6. The Balaban J connectivity index is 1.56. The molecule has 5 nitrogen and oxygen atoms in total. The average Bonchev–Trinajstić information content (AvgIpc) is 2.89. The Kier molecular flexibility index (Phi) is 5.14. The Morgan fingerprint density at radius 3 is 2.48 bits per heavy atom. The fraction of sp³-hybridized carbons (Fsp3) is 0.200. The number of aromatic nitrogens is 2. The number of ether oxygens (including phenoxy) is 1. The van der Waals surface area contributed by atoms with Gasteiger partial charge in [0.25, 0.3) is 0 Å². The quantitative estimate of drug-likeness (QED) is 0.650. The summed E-state index contributed by atoms with van der Waals surface area (Å²) in [4.78, 5) is 24.2. The van der Waals surface area contributed by atoms with E-state index in [-0.39, 0.29) is 24.7 Å². The highest BCUT2D eigenvalue weighted by Crippen LogP contribution is 2.12. The highest BCUT2D eigenvalue weighted by atomic mass is 16.5. The van der Waals surface area contributed by atoms with Crippen LogP contribution in [0.3, 0.4) is 0 Å². The van der Waals surface area contributed by atoms with Crippen LogP contribution in [0.2, 0.25) is 0 Å². The van der Waals surface area contributed by atoms with Crippen LogP contribution in [-0.2, 0) is 23.1 Å². The van der Waals surface area contributed by atoms with Crippen molar-refractivity contribution in [3.8, 4) is 0 Å². The lowest BCUT2D eigenvalue weighted by Gasteiger charge is -2.04. The van der Waals surface area contributed by atoms with E-state index in [9.17, 15) is 9.59 Å². The Morgan fingerprint density at radius 2 is 1.72 bits per heavy atom. The first-order chi connectivity index (χ1) is 12.2. The van der Waals surface area contributed by atoms with Crippen molar-refractivity contribution in [3.63, 3.8) is 0 Å². The van der Waals surface area contributed by atoms with Gasteiger partial charge in [-0.15, -0.1) is 0 Å². The molecule has 0 bridgehead atoms. The van der Waals surface area contributed by atoms with Crippen LogP contribution >= 0.6 is 0 Å². The molecule has 0 aliphatic heterocycles. The fourth-order valence-electron chi connectivity index (χ4n) is 2.74. The van der Waals surface area contributed by atoms with Crippen molar-refractivity contribution < 1.29 is 9.53 Å². The molecule has 0 amide bonds. The minimum absolute atomic E-state index is 0.127. The van der Waals surface area contributed by atoms with Crippen LogP contribution in [-0.4, -0.2) is 21.7 Å². The summed E-state index contributed by atoms with van der Waals surface area (Å²) in [5.41, 5.74) is 2.61. The van der Waals surface area contributed by atoms with E-state index < -0.39 is 0 Å². The Morgan fingerprint density at radius 1 is 1.04 bits per heavy atom. The average molecular weight is 336 g/mol. The van der Waals surface area contributed by atoms with Gasteiger partial charge in [0, 0.05) is 13.6 Å². The summed E-state index contributed by atoms with van der Waals surface area (Å²) in [5, 5.41) is 0.